The van der Waals surface area contributed by atoms with E-state index in [0.717, 1.165) is 12.5 Å². The Bertz CT molecular complexity index is 459. The fraction of sp³-hybridized carbons (Fsp3) is 0.667. The molecule has 3 heteroatoms. The first kappa shape index (κ1) is 14.9. The number of hydrogen-bond acceptors (Lipinski definition) is 3. The largest absolute Gasteiger partial charge is 0.508 e. The van der Waals surface area contributed by atoms with E-state index in [1.54, 1.807) is 0 Å². The second-order valence-electron chi connectivity index (χ2n) is 6.71. The number of aromatic hydroxyl groups is 1. The van der Waals surface area contributed by atoms with Crippen molar-refractivity contribution >= 4 is 0 Å². The lowest BCUT2D eigenvalue weighted by Crippen LogP contribution is -2.59. The Morgan fingerprint density at radius 1 is 1.19 bits per heavy atom. The van der Waals surface area contributed by atoms with Gasteiger partial charge in [0.1, 0.15) is 5.75 Å². The number of piperidine rings is 1. The summed E-state index contributed by atoms with van der Waals surface area (Å²) in [6, 6.07) is 9.65. The third-order valence-electron chi connectivity index (χ3n) is 5.30. The summed E-state index contributed by atoms with van der Waals surface area (Å²) in [7, 11) is 0. The van der Waals surface area contributed by atoms with Crippen molar-refractivity contribution in [1.82, 2.24) is 9.80 Å². The van der Waals surface area contributed by atoms with E-state index in [9.17, 15) is 5.11 Å². The second-order valence-corrected chi connectivity index (χ2v) is 6.71. The smallest absolute Gasteiger partial charge is 0.115 e. The van der Waals surface area contributed by atoms with Crippen LogP contribution in [-0.4, -0.2) is 46.6 Å². The van der Waals surface area contributed by atoms with Gasteiger partial charge in [0.25, 0.3) is 0 Å². The molecule has 1 aromatic rings. The highest BCUT2D eigenvalue weighted by Gasteiger charge is 2.35. The van der Waals surface area contributed by atoms with Crippen molar-refractivity contribution in [1.29, 1.82) is 0 Å². The van der Waals surface area contributed by atoms with E-state index in [0.29, 0.717) is 17.8 Å². The second kappa shape index (κ2) is 6.37. The summed E-state index contributed by atoms with van der Waals surface area (Å²) in [5.74, 6) is 0.360. The minimum Gasteiger partial charge on any atom is -0.508 e. The molecule has 3 rings (SSSR count). The molecular formula is C18H28N2O. The van der Waals surface area contributed by atoms with Crippen LogP contribution < -0.4 is 0 Å². The van der Waals surface area contributed by atoms with E-state index in [-0.39, 0.29) is 0 Å². The molecule has 0 aliphatic carbocycles. The number of benzene rings is 1. The zero-order chi connectivity index (χ0) is 14.8. The molecule has 3 atom stereocenters. The molecule has 0 aromatic heterocycles. The number of hydrogen-bond donors (Lipinski definition) is 1. The van der Waals surface area contributed by atoms with Crippen molar-refractivity contribution in [3.05, 3.63) is 29.8 Å². The first-order valence-corrected chi connectivity index (χ1v) is 8.47. The Hall–Kier alpha value is -1.06. The van der Waals surface area contributed by atoms with E-state index in [1.165, 1.54) is 44.5 Å². The monoisotopic (exact) mass is 288 g/mol. The molecule has 0 radical (unpaired) electrons. The Morgan fingerprint density at radius 3 is 2.67 bits per heavy atom. The Kier molecular flexibility index (Phi) is 4.51. The van der Waals surface area contributed by atoms with Crippen LogP contribution in [0, 0.1) is 0 Å². The Morgan fingerprint density at radius 2 is 1.95 bits per heavy atom. The fourth-order valence-corrected chi connectivity index (χ4v) is 4.17. The molecule has 2 heterocycles. The van der Waals surface area contributed by atoms with Gasteiger partial charge in [0.2, 0.25) is 0 Å². The summed E-state index contributed by atoms with van der Waals surface area (Å²) in [6.45, 7) is 8.34. The number of piperazine rings is 1. The molecule has 1 N–H and O–H groups in total. The van der Waals surface area contributed by atoms with Crippen molar-refractivity contribution in [3.8, 4) is 5.75 Å². The molecule has 0 spiro atoms. The van der Waals surface area contributed by atoms with E-state index in [4.69, 9.17) is 0 Å². The van der Waals surface area contributed by atoms with Crippen molar-refractivity contribution in [2.75, 3.05) is 19.6 Å². The summed E-state index contributed by atoms with van der Waals surface area (Å²) >= 11 is 0. The highest BCUT2D eigenvalue weighted by molar-refractivity contribution is 5.28. The quantitative estimate of drug-likeness (QED) is 0.923. The van der Waals surface area contributed by atoms with Crippen LogP contribution in [0.25, 0.3) is 0 Å². The number of fused-ring (bicyclic) bond motifs is 1. The highest BCUT2D eigenvalue weighted by Crippen LogP contribution is 2.33. The van der Waals surface area contributed by atoms with Gasteiger partial charge in [-0.1, -0.05) is 25.5 Å². The molecule has 0 bridgehead atoms. The summed E-state index contributed by atoms with van der Waals surface area (Å²) < 4.78 is 0. The zero-order valence-electron chi connectivity index (χ0n) is 13.3. The zero-order valence-corrected chi connectivity index (χ0v) is 13.3. The van der Waals surface area contributed by atoms with Crippen molar-refractivity contribution in [3.63, 3.8) is 0 Å². The number of phenolic OH excluding ortho intramolecular Hbond substituents is 1. The Labute approximate surface area is 128 Å². The van der Waals surface area contributed by atoms with Crippen LogP contribution in [0.2, 0.25) is 0 Å². The molecule has 1 aromatic carbocycles. The van der Waals surface area contributed by atoms with Gasteiger partial charge in [-0.05, 0) is 50.4 Å². The maximum absolute atomic E-state index is 9.51. The first-order valence-electron chi connectivity index (χ1n) is 8.47. The predicted octanol–water partition coefficient (Wildman–Crippen LogP) is 3.40. The van der Waals surface area contributed by atoms with E-state index in [2.05, 4.69) is 35.8 Å². The topological polar surface area (TPSA) is 26.7 Å². The molecule has 3 unspecified atom stereocenters. The molecule has 21 heavy (non-hydrogen) atoms. The summed E-state index contributed by atoms with van der Waals surface area (Å²) in [4.78, 5) is 5.40. The van der Waals surface area contributed by atoms with Crippen LogP contribution >= 0.6 is 0 Å². The predicted molar refractivity (Wildman–Crippen MR) is 86.5 cm³/mol. The third kappa shape index (κ3) is 3.09. The van der Waals surface area contributed by atoms with Gasteiger partial charge in [-0.25, -0.2) is 0 Å². The van der Waals surface area contributed by atoms with Gasteiger partial charge in [0, 0.05) is 31.2 Å². The highest BCUT2D eigenvalue weighted by atomic mass is 16.3. The molecule has 2 aliphatic rings. The van der Waals surface area contributed by atoms with Crippen molar-refractivity contribution in [2.24, 2.45) is 0 Å². The summed E-state index contributed by atoms with van der Waals surface area (Å²) in [5, 5.41) is 9.51. The van der Waals surface area contributed by atoms with Gasteiger partial charge in [-0.3, -0.25) is 9.80 Å². The summed E-state index contributed by atoms with van der Waals surface area (Å²) in [6.07, 6.45) is 5.24. The van der Waals surface area contributed by atoms with Crippen molar-refractivity contribution in [2.45, 2.75) is 57.7 Å². The molecule has 2 fully saturated rings. The molecule has 3 nitrogen and oxygen atoms in total. The van der Waals surface area contributed by atoms with Crippen LogP contribution in [0.3, 0.4) is 0 Å². The normalized spacial score (nSPS) is 29.0. The molecule has 2 aliphatic heterocycles. The van der Waals surface area contributed by atoms with Gasteiger partial charge in [0.05, 0.1) is 0 Å². The molecule has 2 saturated heterocycles. The number of phenols is 1. The van der Waals surface area contributed by atoms with E-state index in [1.807, 2.05) is 12.1 Å². The van der Waals surface area contributed by atoms with Crippen LogP contribution in [0.5, 0.6) is 5.75 Å². The van der Waals surface area contributed by atoms with Crippen LogP contribution in [0.4, 0.5) is 0 Å². The van der Waals surface area contributed by atoms with E-state index >= 15 is 0 Å². The average Bonchev–Trinajstić information content (AvgIpc) is 2.50. The first-order chi connectivity index (χ1) is 10.2. The number of nitrogens with zero attached hydrogens (tertiary/aromatic N) is 2. The van der Waals surface area contributed by atoms with Crippen LogP contribution in [0.1, 0.15) is 51.1 Å². The van der Waals surface area contributed by atoms with Gasteiger partial charge in [-0.15, -0.1) is 0 Å². The van der Waals surface area contributed by atoms with Gasteiger partial charge < -0.3 is 5.11 Å². The van der Waals surface area contributed by atoms with Crippen LogP contribution in [-0.2, 0) is 0 Å². The van der Waals surface area contributed by atoms with Gasteiger partial charge >= 0.3 is 0 Å². The lowest BCUT2D eigenvalue weighted by molar-refractivity contribution is -0.00947. The maximum atomic E-state index is 9.51. The lowest BCUT2D eigenvalue weighted by atomic mass is 9.93. The minimum atomic E-state index is 0.360. The Balaban J connectivity index is 1.78. The lowest BCUT2D eigenvalue weighted by Gasteiger charge is -2.50. The SMILES string of the molecule is CCC(c1ccc(O)cc1)N1CC2CCCCN2CC1C. The molecule has 0 saturated carbocycles. The fourth-order valence-electron chi connectivity index (χ4n) is 4.17. The third-order valence-corrected chi connectivity index (χ3v) is 5.30. The molecular weight excluding hydrogens is 260 g/mol. The standard InChI is InChI=1S/C18H28N2O/c1-3-18(15-7-9-17(21)10-8-15)20-13-16-6-4-5-11-19(16)12-14(20)2/h7-10,14,16,18,21H,3-6,11-13H2,1-2H3. The van der Waals surface area contributed by atoms with Gasteiger partial charge in [-0.2, -0.15) is 0 Å². The maximum Gasteiger partial charge on any atom is 0.115 e. The van der Waals surface area contributed by atoms with Crippen molar-refractivity contribution < 1.29 is 5.11 Å². The summed E-state index contributed by atoms with van der Waals surface area (Å²) in [5.41, 5.74) is 1.34. The molecule has 0 amide bonds. The minimum absolute atomic E-state index is 0.360. The van der Waals surface area contributed by atoms with E-state index < -0.39 is 0 Å². The van der Waals surface area contributed by atoms with Crippen LogP contribution in [0.15, 0.2) is 24.3 Å². The average molecular weight is 288 g/mol. The molecule has 116 valence electrons. The van der Waals surface area contributed by atoms with Gasteiger partial charge in [0.15, 0.2) is 0 Å². The number of rotatable bonds is 3.